The first kappa shape index (κ1) is 18.3. The van der Waals surface area contributed by atoms with E-state index in [9.17, 15) is 4.79 Å². The zero-order valence-corrected chi connectivity index (χ0v) is 16.1. The van der Waals surface area contributed by atoms with Crippen molar-refractivity contribution in [2.75, 3.05) is 26.3 Å². The molecule has 0 spiro atoms. The predicted octanol–water partition coefficient (Wildman–Crippen LogP) is 0.608. The molecule has 2 aliphatic heterocycles. The molecule has 0 radical (unpaired) electrons. The third-order valence-electron chi connectivity index (χ3n) is 5.57. The molecule has 27 heavy (non-hydrogen) atoms. The van der Waals surface area contributed by atoms with E-state index in [-0.39, 0.29) is 24.7 Å². The van der Waals surface area contributed by atoms with Crippen LogP contribution in [-0.2, 0) is 4.74 Å². The van der Waals surface area contributed by atoms with Gasteiger partial charge in [-0.25, -0.2) is 9.50 Å². The molecule has 2 aliphatic rings. The molecule has 2 N–H and O–H groups in total. The van der Waals surface area contributed by atoms with Crippen molar-refractivity contribution in [2.24, 2.45) is 0 Å². The van der Waals surface area contributed by atoms with Crippen LogP contribution in [0.1, 0.15) is 40.3 Å². The lowest BCUT2D eigenvalue weighted by atomic mass is 10.1. The normalized spacial score (nSPS) is 25.7. The second-order valence-electron chi connectivity index (χ2n) is 7.72. The van der Waals surface area contributed by atoms with Crippen molar-refractivity contribution in [2.45, 2.75) is 51.8 Å². The van der Waals surface area contributed by atoms with Crippen molar-refractivity contribution < 1.29 is 14.6 Å². The van der Waals surface area contributed by atoms with E-state index in [0.717, 1.165) is 30.9 Å². The summed E-state index contributed by atoms with van der Waals surface area (Å²) in [5.74, 6) is -0.113. The zero-order valence-electron chi connectivity index (χ0n) is 16.1. The summed E-state index contributed by atoms with van der Waals surface area (Å²) in [6, 6.07) is 2.37. The number of aliphatic hydroxyl groups is 1. The van der Waals surface area contributed by atoms with Gasteiger partial charge in [-0.15, -0.1) is 0 Å². The third kappa shape index (κ3) is 3.44. The smallest absolute Gasteiger partial charge is 0.257 e. The van der Waals surface area contributed by atoms with Crippen LogP contribution in [0.5, 0.6) is 0 Å². The molecule has 0 aromatic carbocycles. The minimum atomic E-state index is -0.113. The fraction of sp³-hybridized carbons (Fsp3) is 0.632. The van der Waals surface area contributed by atoms with E-state index in [1.165, 1.54) is 0 Å². The van der Waals surface area contributed by atoms with E-state index in [4.69, 9.17) is 9.84 Å². The minimum Gasteiger partial charge on any atom is -0.396 e. The van der Waals surface area contributed by atoms with Gasteiger partial charge < -0.3 is 15.2 Å². The number of aromatic nitrogens is 3. The van der Waals surface area contributed by atoms with Crippen molar-refractivity contribution in [1.29, 1.82) is 0 Å². The van der Waals surface area contributed by atoms with Crippen LogP contribution >= 0.6 is 0 Å². The van der Waals surface area contributed by atoms with Gasteiger partial charge in [0.05, 0.1) is 18.4 Å². The van der Waals surface area contributed by atoms with Crippen LogP contribution in [0.3, 0.4) is 0 Å². The van der Waals surface area contributed by atoms with Gasteiger partial charge in [0.15, 0.2) is 5.65 Å². The van der Waals surface area contributed by atoms with E-state index in [1.807, 2.05) is 26.8 Å². The van der Waals surface area contributed by atoms with E-state index in [1.54, 1.807) is 4.52 Å². The predicted molar refractivity (Wildman–Crippen MR) is 99.9 cm³/mol. The van der Waals surface area contributed by atoms with Gasteiger partial charge in [0, 0.05) is 43.2 Å². The highest BCUT2D eigenvalue weighted by Crippen LogP contribution is 2.25. The van der Waals surface area contributed by atoms with Gasteiger partial charge in [-0.1, -0.05) is 0 Å². The quantitative estimate of drug-likeness (QED) is 0.816. The maximum absolute atomic E-state index is 13.0. The number of carbonyl (C=O) groups is 1. The molecule has 4 rings (SSSR count). The Labute approximate surface area is 158 Å². The summed E-state index contributed by atoms with van der Waals surface area (Å²) in [4.78, 5) is 19.9. The number of aliphatic hydroxyl groups excluding tert-OH is 1. The summed E-state index contributed by atoms with van der Waals surface area (Å²) in [5.41, 5.74) is 3.70. The maximum atomic E-state index is 13.0. The molecule has 0 saturated carbocycles. The Balaban J connectivity index is 1.49. The largest absolute Gasteiger partial charge is 0.396 e. The maximum Gasteiger partial charge on any atom is 0.257 e. The molecule has 4 heterocycles. The molecule has 146 valence electrons. The standard InChI is InChI=1S/C19H27N5O3/c1-11-6-12(2)24-18(20-11)17(13(3)22-24)19(26)21-14-7-15-10-27-16(4-5-25)9-23(15)8-14/h6,14-16,25H,4-5,7-10H2,1-3H3,(H,21,26)/t14-,15-,16-/m0/s1. The summed E-state index contributed by atoms with van der Waals surface area (Å²) in [6.45, 7) is 8.17. The SMILES string of the molecule is Cc1cc(C)n2nc(C)c(C(=O)N[C@H]3C[C@H]4CO[C@@H](CCO)CN4C3)c2n1. The molecule has 0 unspecified atom stereocenters. The second kappa shape index (κ2) is 7.18. The molecule has 3 atom stereocenters. The Hall–Kier alpha value is -2.03. The van der Waals surface area contributed by atoms with E-state index >= 15 is 0 Å². The number of aryl methyl sites for hydroxylation is 3. The Kier molecular flexibility index (Phi) is 4.88. The van der Waals surface area contributed by atoms with Crippen molar-refractivity contribution in [1.82, 2.24) is 24.8 Å². The summed E-state index contributed by atoms with van der Waals surface area (Å²) in [7, 11) is 0. The van der Waals surface area contributed by atoms with E-state index in [2.05, 4.69) is 20.3 Å². The first-order chi connectivity index (χ1) is 13.0. The van der Waals surface area contributed by atoms with Gasteiger partial charge in [-0.3, -0.25) is 9.69 Å². The molecule has 0 aliphatic carbocycles. The lowest BCUT2D eigenvalue weighted by Crippen LogP contribution is -2.46. The Bertz CT molecular complexity index is 865. The number of amides is 1. The average molecular weight is 373 g/mol. The van der Waals surface area contributed by atoms with Gasteiger partial charge in [0.1, 0.15) is 5.56 Å². The highest BCUT2D eigenvalue weighted by molar-refractivity contribution is 6.01. The summed E-state index contributed by atoms with van der Waals surface area (Å²) in [5, 5.41) is 16.8. The number of ether oxygens (including phenoxy) is 1. The number of hydrogen-bond acceptors (Lipinski definition) is 6. The Morgan fingerprint density at radius 3 is 2.96 bits per heavy atom. The fourth-order valence-electron chi connectivity index (χ4n) is 4.32. The molecular formula is C19H27N5O3. The van der Waals surface area contributed by atoms with Crippen LogP contribution in [0.15, 0.2) is 6.07 Å². The monoisotopic (exact) mass is 373 g/mol. The topological polar surface area (TPSA) is 92.0 Å². The number of morpholine rings is 1. The minimum absolute atomic E-state index is 0.0812. The van der Waals surface area contributed by atoms with Crippen LogP contribution in [0.2, 0.25) is 0 Å². The molecule has 8 nitrogen and oxygen atoms in total. The Morgan fingerprint density at radius 1 is 1.37 bits per heavy atom. The van der Waals surface area contributed by atoms with Crippen LogP contribution in [0, 0.1) is 20.8 Å². The van der Waals surface area contributed by atoms with E-state index in [0.29, 0.717) is 36.0 Å². The summed E-state index contributed by atoms with van der Waals surface area (Å²) in [6.07, 6.45) is 1.62. The summed E-state index contributed by atoms with van der Waals surface area (Å²) >= 11 is 0. The molecule has 2 aromatic heterocycles. The Morgan fingerprint density at radius 2 is 2.19 bits per heavy atom. The second-order valence-corrected chi connectivity index (χ2v) is 7.72. The first-order valence-corrected chi connectivity index (χ1v) is 9.57. The third-order valence-corrected chi connectivity index (χ3v) is 5.57. The van der Waals surface area contributed by atoms with Crippen LogP contribution < -0.4 is 5.32 Å². The number of carbonyl (C=O) groups excluding carboxylic acids is 1. The molecule has 2 aromatic rings. The first-order valence-electron chi connectivity index (χ1n) is 9.57. The average Bonchev–Trinajstić information content (AvgIpc) is 3.14. The molecule has 1 amide bonds. The number of hydrogen-bond donors (Lipinski definition) is 2. The number of nitrogens with one attached hydrogen (secondary N) is 1. The van der Waals surface area contributed by atoms with Crippen molar-refractivity contribution >= 4 is 11.6 Å². The highest BCUT2D eigenvalue weighted by atomic mass is 16.5. The van der Waals surface area contributed by atoms with Gasteiger partial charge in [0.25, 0.3) is 5.91 Å². The van der Waals surface area contributed by atoms with E-state index < -0.39 is 0 Å². The van der Waals surface area contributed by atoms with Crippen LogP contribution in [0.25, 0.3) is 5.65 Å². The van der Waals surface area contributed by atoms with Gasteiger partial charge in [-0.05, 0) is 39.7 Å². The molecular weight excluding hydrogens is 346 g/mol. The van der Waals surface area contributed by atoms with Gasteiger partial charge in [-0.2, -0.15) is 5.10 Å². The molecule has 2 fully saturated rings. The number of rotatable bonds is 4. The molecule has 2 saturated heterocycles. The van der Waals surface area contributed by atoms with Gasteiger partial charge >= 0.3 is 0 Å². The zero-order chi connectivity index (χ0) is 19.1. The highest BCUT2D eigenvalue weighted by Gasteiger charge is 2.38. The van der Waals surface area contributed by atoms with Crippen LogP contribution in [0.4, 0.5) is 0 Å². The fourth-order valence-corrected chi connectivity index (χ4v) is 4.32. The molecule has 8 heteroatoms. The number of fused-ring (bicyclic) bond motifs is 2. The lowest BCUT2D eigenvalue weighted by molar-refractivity contribution is -0.0566. The van der Waals surface area contributed by atoms with Crippen LogP contribution in [-0.4, -0.2) is 75.0 Å². The molecule has 0 bridgehead atoms. The lowest BCUT2D eigenvalue weighted by Gasteiger charge is -2.34. The van der Waals surface area contributed by atoms with Crippen molar-refractivity contribution in [3.05, 3.63) is 28.7 Å². The van der Waals surface area contributed by atoms with Gasteiger partial charge in [0.2, 0.25) is 0 Å². The van der Waals surface area contributed by atoms with Crippen molar-refractivity contribution in [3.63, 3.8) is 0 Å². The summed E-state index contributed by atoms with van der Waals surface area (Å²) < 4.78 is 7.56. The van der Waals surface area contributed by atoms with Crippen molar-refractivity contribution in [3.8, 4) is 0 Å². The number of nitrogens with zero attached hydrogens (tertiary/aromatic N) is 4.